The van der Waals surface area contributed by atoms with Crippen LogP contribution in [0.15, 0.2) is 0 Å². The zero-order chi connectivity index (χ0) is 10.2. The second kappa shape index (κ2) is 2.19. The van der Waals surface area contributed by atoms with E-state index in [1.165, 1.54) is 12.8 Å². The van der Waals surface area contributed by atoms with Crippen molar-refractivity contribution < 1.29 is 9.84 Å². The molecule has 0 unspecified atom stereocenters. The highest BCUT2D eigenvalue weighted by Gasteiger charge is 2.72. The molecule has 2 aliphatic carbocycles. The molecule has 2 bridgehead atoms. The van der Waals surface area contributed by atoms with Gasteiger partial charge in [-0.15, -0.1) is 0 Å². The van der Waals surface area contributed by atoms with Crippen LogP contribution in [0, 0.1) is 16.7 Å². The van der Waals surface area contributed by atoms with E-state index in [0.29, 0.717) is 5.92 Å². The smallest absolute Gasteiger partial charge is 0.110 e. The summed E-state index contributed by atoms with van der Waals surface area (Å²) in [5, 5.41) is 10.8. The molecule has 80 valence electrons. The van der Waals surface area contributed by atoms with E-state index in [9.17, 15) is 5.11 Å². The van der Waals surface area contributed by atoms with Crippen LogP contribution in [-0.2, 0) is 4.74 Å². The zero-order valence-electron chi connectivity index (χ0n) is 9.34. The highest BCUT2D eigenvalue weighted by Crippen LogP contribution is 2.71. The van der Waals surface area contributed by atoms with Gasteiger partial charge in [-0.3, -0.25) is 0 Å². The molecule has 2 heteroatoms. The highest BCUT2D eigenvalue weighted by molar-refractivity contribution is 5.21. The summed E-state index contributed by atoms with van der Waals surface area (Å²) in [7, 11) is 0. The van der Waals surface area contributed by atoms with E-state index in [4.69, 9.17) is 4.74 Å². The van der Waals surface area contributed by atoms with Gasteiger partial charge in [0, 0.05) is 5.41 Å². The number of hydrogen-bond acceptors (Lipinski definition) is 2. The monoisotopic (exact) mass is 196 g/mol. The molecule has 1 saturated heterocycles. The number of fused-ring (bicyclic) bond motifs is 2. The number of hydrogen-bond donors (Lipinski definition) is 1. The summed E-state index contributed by atoms with van der Waals surface area (Å²) in [5.41, 5.74) is -0.168. The molecule has 1 aliphatic heterocycles. The summed E-state index contributed by atoms with van der Waals surface area (Å²) in [4.78, 5) is 0. The van der Waals surface area contributed by atoms with E-state index in [1.54, 1.807) is 0 Å². The molecule has 1 N–H and O–H groups in total. The van der Waals surface area contributed by atoms with Crippen molar-refractivity contribution in [3.63, 3.8) is 0 Å². The Bertz CT molecular complexity index is 282. The van der Waals surface area contributed by atoms with Gasteiger partial charge in [-0.05, 0) is 30.6 Å². The summed E-state index contributed by atoms with van der Waals surface area (Å²) in [6, 6.07) is 0. The molecule has 0 aromatic carbocycles. The molecule has 0 radical (unpaired) electrons. The summed E-state index contributed by atoms with van der Waals surface area (Å²) in [6.07, 6.45) is 3.55. The van der Waals surface area contributed by atoms with Crippen molar-refractivity contribution in [2.24, 2.45) is 16.7 Å². The Balaban J connectivity index is 2.06. The average molecular weight is 196 g/mol. The van der Waals surface area contributed by atoms with Gasteiger partial charge in [-0.2, -0.15) is 0 Å². The summed E-state index contributed by atoms with van der Waals surface area (Å²) >= 11 is 0. The van der Waals surface area contributed by atoms with Gasteiger partial charge in [0.1, 0.15) is 6.10 Å². The highest BCUT2D eigenvalue weighted by atomic mass is 16.6. The van der Waals surface area contributed by atoms with Gasteiger partial charge in [0.15, 0.2) is 0 Å². The van der Waals surface area contributed by atoms with Crippen molar-refractivity contribution in [2.75, 3.05) is 6.61 Å². The molecule has 0 spiro atoms. The molecule has 4 atom stereocenters. The first-order chi connectivity index (χ1) is 6.42. The fraction of sp³-hybridized carbons (Fsp3) is 1.00. The second-order valence-electron chi connectivity index (χ2n) is 6.24. The number of aliphatic hydroxyl groups is 1. The Hall–Kier alpha value is -0.0800. The lowest BCUT2D eigenvalue weighted by Crippen LogP contribution is -2.51. The molecule has 3 aliphatic rings. The minimum atomic E-state index is -0.528. The van der Waals surface area contributed by atoms with Crippen LogP contribution in [0.5, 0.6) is 0 Å². The number of rotatable bonds is 1. The Morgan fingerprint density at radius 1 is 1.29 bits per heavy atom. The third kappa shape index (κ3) is 0.737. The van der Waals surface area contributed by atoms with Crippen molar-refractivity contribution in [1.82, 2.24) is 0 Å². The first-order valence-corrected chi connectivity index (χ1v) is 5.76. The van der Waals surface area contributed by atoms with Crippen LogP contribution in [0.25, 0.3) is 0 Å². The SMILES string of the molecule is CC1(C)[C@@H]2CC[C@@]1(C)[C@@](O)([C@@H]1CO1)C2. The Kier molecular flexibility index (Phi) is 1.44. The summed E-state index contributed by atoms with van der Waals surface area (Å²) in [5.74, 6) is 0.696. The predicted molar refractivity (Wildman–Crippen MR) is 53.9 cm³/mol. The summed E-state index contributed by atoms with van der Waals surface area (Å²) < 4.78 is 5.36. The standard InChI is InChI=1S/C12H20O2/c1-10(2)8-4-5-11(10,3)12(13,6-8)9-7-14-9/h8-9,13H,4-7H2,1-3H3/t8-,9+,11-,12+/m1/s1. The topological polar surface area (TPSA) is 32.8 Å². The molecule has 2 saturated carbocycles. The molecule has 14 heavy (non-hydrogen) atoms. The minimum absolute atomic E-state index is 0.0752. The Morgan fingerprint density at radius 2 is 1.93 bits per heavy atom. The van der Waals surface area contributed by atoms with Crippen LogP contribution in [0.3, 0.4) is 0 Å². The maximum atomic E-state index is 10.8. The van der Waals surface area contributed by atoms with Crippen LogP contribution < -0.4 is 0 Å². The average Bonchev–Trinajstić information content (AvgIpc) is 2.87. The summed E-state index contributed by atoms with van der Waals surface area (Å²) in [6.45, 7) is 7.69. The van der Waals surface area contributed by atoms with Crippen LogP contribution in [0.1, 0.15) is 40.0 Å². The fourth-order valence-electron chi connectivity index (χ4n) is 4.14. The molecule has 0 amide bonds. The Morgan fingerprint density at radius 3 is 2.29 bits per heavy atom. The lowest BCUT2D eigenvalue weighted by molar-refractivity contribution is -0.105. The van der Waals surface area contributed by atoms with Crippen molar-refractivity contribution in [1.29, 1.82) is 0 Å². The quantitative estimate of drug-likeness (QED) is 0.650. The number of epoxide rings is 1. The third-order valence-corrected chi connectivity index (χ3v) is 5.81. The van der Waals surface area contributed by atoms with Gasteiger partial charge < -0.3 is 9.84 Å². The lowest BCUT2D eigenvalue weighted by atomic mass is 9.63. The van der Waals surface area contributed by atoms with E-state index in [-0.39, 0.29) is 16.9 Å². The molecule has 1 heterocycles. The van der Waals surface area contributed by atoms with Gasteiger partial charge in [0.05, 0.1) is 12.2 Å². The van der Waals surface area contributed by atoms with Gasteiger partial charge in [-0.1, -0.05) is 20.8 Å². The van der Waals surface area contributed by atoms with Crippen molar-refractivity contribution in [3.8, 4) is 0 Å². The molecule has 2 nitrogen and oxygen atoms in total. The molecule has 0 aromatic heterocycles. The minimum Gasteiger partial charge on any atom is -0.386 e. The first kappa shape index (κ1) is 9.17. The normalized spacial score (nSPS) is 59.1. The maximum absolute atomic E-state index is 10.8. The molecule has 3 fully saturated rings. The van der Waals surface area contributed by atoms with Crippen LogP contribution >= 0.6 is 0 Å². The van der Waals surface area contributed by atoms with E-state index in [1.807, 2.05) is 0 Å². The molecule has 0 aromatic rings. The van der Waals surface area contributed by atoms with Crippen LogP contribution in [-0.4, -0.2) is 23.4 Å². The molecule has 3 rings (SSSR count). The number of ether oxygens (including phenoxy) is 1. The van der Waals surface area contributed by atoms with Gasteiger partial charge in [0.2, 0.25) is 0 Å². The molecular weight excluding hydrogens is 176 g/mol. The van der Waals surface area contributed by atoms with Crippen molar-refractivity contribution >= 4 is 0 Å². The second-order valence-corrected chi connectivity index (χ2v) is 6.24. The van der Waals surface area contributed by atoms with Gasteiger partial charge in [0.25, 0.3) is 0 Å². The zero-order valence-corrected chi connectivity index (χ0v) is 9.34. The molecular formula is C12H20O2. The van der Waals surface area contributed by atoms with E-state index >= 15 is 0 Å². The van der Waals surface area contributed by atoms with E-state index in [2.05, 4.69) is 20.8 Å². The lowest BCUT2D eigenvalue weighted by Gasteiger charge is -2.44. The predicted octanol–water partition coefficient (Wildman–Crippen LogP) is 1.96. The van der Waals surface area contributed by atoms with Crippen LogP contribution in [0.4, 0.5) is 0 Å². The fourth-order valence-corrected chi connectivity index (χ4v) is 4.14. The van der Waals surface area contributed by atoms with E-state index in [0.717, 1.165) is 13.0 Å². The van der Waals surface area contributed by atoms with Crippen LogP contribution in [0.2, 0.25) is 0 Å². The maximum Gasteiger partial charge on any atom is 0.110 e. The first-order valence-electron chi connectivity index (χ1n) is 5.76. The Labute approximate surface area is 85.6 Å². The van der Waals surface area contributed by atoms with Gasteiger partial charge in [-0.25, -0.2) is 0 Å². The van der Waals surface area contributed by atoms with Crippen molar-refractivity contribution in [2.45, 2.75) is 51.7 Å². The van der Waals surface area contributed by atoms with E-state index < -0.39 is 5.60 Å². The third-order valence-electron chi connectivity index (χ3n) is 5.81. The van der Waals surface area contributed by atoms with Gasteiger partial charge >= 0.3 is 0 Å². The van der Waals surface area contributed by atoms with Crippen molar-refractivity contribution in [3.05, 3.63) is 0 Å². The largest absolute Gasteiger partial charge is 0.386 e.